The third-order valence-corrected chi connectivity index (χ3v) is 4.49. The Balaban J connectivity index is 2.26. The first-order valence-corrected chi connectivity index (χ1v) is 7.71. The molecule has 0 radical (unpaired) electrons. The van der Waals surface area contributed by atoms with E-state index in [9.17, 15) is 4.79 Å². The van der Waals surface area contributed by atoms with Crippen molar-refractivity contribution in [2.75, 3.05) is 24.5 Å². The van der Waals surface area contributed by atoms with Crippen molar-refractivity contribution < 1.29 is 4.79 Å². The summed E-state index contributed by atoms with van der Waals surface area (Å²) in [6.07, 6.45) is 2.64. The predicted octanol–water partition coefficient (Wildman–Crippen LogP) is 3.30. The molecule has 0 aromatic heterocycles. The van der Waals surface area contributed by atoms with Crippen molar-refractivity contribution in [1.29, 1.82) is 0 Å². The molecule has 20 heavy (non-hydrogen) atoms. The van der Waals surface area contributed by atoms with E-state index in [-0.39, 0.29) is 11.4 Å². The second-order valence-electron chi connectivity index (χ2n) is 5.85. The van der Waals surface area contributed by atoms with E-state index in [0.29, 0.717) is 6.42 Å². The molecule has 0 N–H and O–H groups in total. The number of likely N-dealkylation sites (tertiary alicyclic amines) is 1. The van der Waals surface area contributed by atoms with Crippen LogP contribution in [0, 0.1) is 0 Å². The number of carbonyl (C=O) groups excluding carboxylic acids is 1. The van der Waals surface area contributed by atoms with Gasteiger partial charge in [0.2, 0.25) is 5.91 Å². The zero-order valence-electron chi connectivity index (χ0n) is 12.9. The first-order valence-electron chi connectivity index (χ1n) is 7.71. The van der Waals surface area contributed by atoms with Crippen molar-refractivity contribution in [3.05, 3.63) is 30.3 Å². The standard InChI is InChI=1S/C17H26N2O/c1-4-16(20)19(15-9-7-6-8-10-15)17(3)11-13-18(5-2)14-12-17/h6-10H,4-5,11-14H2,1-3H3. The molecule has 3 nitrogen and oxygen atoms in total. The van der Waals surface area contributed by atoms with Gasteiger partial charge in [-0.3, -0.25) is 4.79 Å². The summed E-state index contributed by atoms with van der Waals surface area (Å²) >= 11 is 0. The zero-order valence-corrected chi connectivity index (χ0v) is 12.9. The normalized spacial score (nSPS) is 18.8. The van der Waals surface area contributed by atoms with Crippen LogP contribution in [0.2, 0.25) is 0 Å². The molecule has 1 aromatic rings. The summed E-state index contributed by atoms with van der Waals surface area (Å²) in [4.78, 5) is 17.0. The average molecular weight is 274 g/mol. The molecule has 110 valence electrons. The number of nitrogens with zero attached hydrogens (tertiary/aromatic N) is 2. The van der Waals surface area contributed by atoms with Crippen molar-refractivity contribution >= 4 is 11.6 Å². The van der Waals surface area contributed by atoms with Gasteiger partial charge in [0.25, 0.3) is 0 Å². The highest BCUT2D eigenvalue weighted by molar-refractivity contribution is 5.94. The molecular weight excluding hydrogens is 248 g/mol. The van der Waals surface area contributed by atoms with Crippen molar-refractivity contribution in [1.82, 2.24) is 4.90 Å². The number of para-hydroxylation sites is 1. The summed E-state index contributed by atoms with van der Waals surface area (Å²) in [6, 6.07) is 10.1. The first kappa shape index (κ1) is 15.0. The quantitative estimate of drug-likeness (QED) is 0.841. The van der Waals surface area contributed by atoms with E-state index in [2.05, 4.69) is 18.7 Å². The van der Waals surface area contributed by atoms with Crippen LogP contribution in [0.25, 0.3) is 0 Å². The number of rotatable bonds is 4. The molecule has 0 saturated carbocycles. The molecule has 1 aliphatic rings. The number of carbonyl (C=O) groups is 1. The number of amides is 1. The molecule has 0 atom stereocenters. The number of anilines is 1. The molecule has 0 bridgehead atoms. The molecule has 1 fully saturated rings. The van der Waals surface area contributed by atoms with E-state index < -0.39 is 0 Å². The Morgan fingerprint density at radius 2 is 1.80 bits per heavy atom. The fraction of sp³-hybridized carbons (Fsp3) is 0.588. The molecule has 1 amide bonds. The summed E-state index contributed by atoms with van der Waals surface area (Å²) in [6.45, 7) is 9.64. The Morgan fingerprint density at radius 3 is 2.30 bits per heavy atom. The first-order chi connectivity index (χ1) is 9.60. The van der Waals surface area contributed by atoms with Crippen molar-refractivity contribution in [3.8, 4) is 0 Å². The molecule has 1 aromatic carbocycles. The molecule has 1 saturated heterocycles. The maximum atomic E-state index is 12.5. The fourth-order valence-electron chi connectivity index (χ4n) is 3.07. The summed E-state index contributed by atoms with van der Waals surface area (Å²) in [7, 11) is 0. The van der Waals surface area contributed by atoms with Gasteiger partial charge in [0.05, 0.1) is 0 Å². The van der Waals surface area contributed by atoms with E-state index >= 15 is 0 Å². The predicted molar refractivity (Wildman–Crippen MR) is 84.0 cm³/mol. The molecule has 3 heteroatoms. The van der Waals surface area contributed by atoms with Gasteiger partial charge < -0.3 is 9.80 Å². The lowest BCUT2D eigenvalue weighted by Gasteiger charge is -2.46. The number of hydrogen-bond acceptors (Lipinski definition) is 2. The van der Waals surface area contributed by atoms with Gasteiger partial charge in [-0.2, -0.15) is 0 Å². The largest absolute Gasteiger partial charge is 0.307 e. The number of piperidine rings is 1. The molecule has 0 aliphatic carbocycles. The summed E-state index contributed by atoms with van der Waals surface area (Å²) < 4.78 is 0. The Labute approximate surface area is 122 Å². The lowest BCUT2D eigenvalue weighted by Crippen LogP contribution is -2.56. The fourth-order valence-corrected chi connectivity index (χ4v) is 3.07. The van der Waals surface area contributed by atoms with E-state index in [4.69, 9.17) is 0 Å². The second kappa shape index (κ2) is 6.40. The van der Waals surface area contributed by atoms with Gasteiger partial charge in [-0.1, -0.05) is 32.0 Å². The Hall–Kier alpha value is -1.35. The van der Waals surface area contributed by atoms with Crippen LogP contribution in [0.5, 0.6) is 0 Å². The minimum absolute atomic E-state index is 0.0554. The van der Waals surface area contributed by atoms with Crippen LogP contribution in [0.1, 0.15) is 40.0 Å². The smallest absolute Gasteiger partial charge is 0.227 e. The average Bonchev–Trinajstić information content (AvgIpc) is 2.49. The van der Waals surface area contributed by atoms with Gasteiger partial charge in [0.15, 0.2) is 0 Å². The van der Waals surface area contributed by atoms with Crippen LogP contribution in [0.4, 0.5) is 5.69 Å². The summed E-state index contributed by atoms with van der Waals surface area (Å²) in [5.41, 5.74) is 0.979. The van der Waals surface area contributed by atoms with Gasteiger partial charge in [0.1, 0.15) is 0 Å². The maximum Gasteiger partial charge on any atom is 0.227 e. The highest BCUT2D eigenvalue weighted by atomic mass is 16.2. The lowest BCUT2D eigenvalue weighted by atomic mass is 9.86. The van der Waals surface area contributed by atoms with E-state index in [1.807, 2.05) is 42.2 Å². The SMILES string of the molecule is CCC(=O)N(c1ccccc1)C1(C)CCN(CC)CC1. The Kier molecular flexibility index (Phi) is 4.81. The molecular formula is C17H26N2O. The Bertz CT molecular complexity index is 436. The van der Waals surface area contributed by atoms with E-state index in [1.165, 1.54) is 0 Å². The van der Waals surface area contributed by atoms with Gasteiger partial charge >= 0.3 is 0 Å². The van der Waals surface area contributed by atoms with Crippen LogP contribution < -0.4 is 4.90 Å². The number of hydrogen-bond donors (Lipinski definition) is 0. The number of benzene rings is 1. The highest BCUT2D eigenvalue weighted by Crippen LogP contribution is 2.33. The van der Waals surface area contributed by atoms with Gasteiger partial charge in [0, 0.05) is 30.7 Å². The van der Waals surface area contributed by atoms with Crippen molar-refractivity contribution in [3.63, 3.8) is 0 Å². The Morgan fingerprint density at radius 1 is 1.20 bits per heavy atom. The van der Waals surface area contributed by atoms with Crippen LogP contribution in [-0.2, 0) is 4.79 Å². The molecule has 0 spiro atoms. The van der Waals surface area contributed by atoms with Gasteiger partial charge in [-0.25, -0.2) is 0 Å². The van der Waals surface area contributed by atoms with Crippen LogP contribution in [0.15, 0.2) is 30.3 Å². The molecule has 0 unspecified atom stereocenters. The monoisotopic (exact) mass is 274 g/mol. The summed E-state index contributed by atoms with van der Waals surface area (Å²) in [5, 5.41) is 0. The molecule has 1 heterocycles. The van der Waals surface area contributed by atoms with Crippen LogP contribution in [0.3, 0.4) is 0 Å². The van der Waals surface area contributed by atoms with Crippen LogP contribution >= 0.6 is 0 Å². The summed E-state index contributed by atoms with van der Waals surface area (Å²) in [5.74, 6) is 0.226. The molecule has 1 aliphatic heterocycles. The van der Waals surface area contributed by atoms with E-state index in [1.54, 1.807) is 0 Å². The third-order valence-electron chi connectivity index (χ3n) is 4.49. The zero-order chi connectivity index (χ0) is 14.6. The maximum absolute atomic E-state index is 12.5. The van der Waals surface area contributed by atoms with Crippen LogP contribution in [-0.4, -0.2) is 36.0 Å². The van der Waals surface area contributed by atoms with Gasteiger partial charge in [-0.05, 0) is 38.4 Å². The van der Waals surface area contributed by atoms with E-state index in [0.717, 1.165) is 38.2 Å². The third kappa shape index (κ3) is 3.04. The second-order valence-corrected chi connectivity index (χ2v) is 5.85. The highest BCUT2D eigenvalue weighted by Gasteiger charge is 2.38. The van der Waals surface area contributed by atoms with Crippen molar-refractivity contribution in [2.24, 2.45) is 0 Å². The molecule has 2 rings (SSSR count). The van der Waals surface area contributed by atoms with Gasteiger partial charge in [-0.15, -0.1) is 0 Å². The minimum atomic E-state index is -0.0554. The van der Waals surface area contributed by atoms with Crippen molar-refractivity contribution in [2.45, 2.75) is 45.6 Å². The minimum Gasteiger partial charge on any atom is -0.307 e. The topological polar surface area (TPSA) is 23.6 Å². The lowest BCUT2D eigenvalue weighted by molar-refractivity contribution is -0.119.